The van der Waals surface area contributed by atoms with Crippen LogP contribution in [0, 0.1) is 3.57 Å². The van der Waals surface area contributed by atoms with Gasteiger partial charge in [-0.3, -0.25) is 0 Å². The molecule has 0 bridgehead atoms. The lowest BCUT2D eigenvalue weighted by molar-refractivity contribution is 0.0544. The largest absolute Gasteiger partial charge is 0.491 e. The van der Waals surface area contributed by atoms with E-state index < -0.39 is 34.7 Å². The lowest BCUT2D eigenvalue weighted by Crippen LogP contribution is -2.15. The van der Waals surface area contributed by atoms with Crippen molar-refractivity contribution in [1.29, 1.82) is 0 Å². The van der Waals surface area contributed by atoms with Gasteiger partial charge in [-0.05, 0) is 12.1 Å². The van der Waals surface area contributed by atoms with Gasteiger partial charge < -0.3 is 14.2 Å². The second-order valence-corrected chi connectivity index (χ2v) is 7.74. The van der Waals surface area contributed by atoms with Crippen LogP contribution >= 0.6 is 19.8 Å². The van der Waals surface area contributed by atoms with Gasteiger partial charge in [0.25, 0.3) is 0 Å². The first-order chi connectivity index (χ1) is 9.86. The molecule has 0 unspecified atom stereocenters. The van der Waals surface area contributed by atoms with Crippen molar-refractivity contribution >= 4 is 29.8 Å². The van der Waals surface area contributed by atoms with E-state index in [1.807, 2.05) is 0 Å². The fraction of sp³-hybridized carbons (Fsp3) is 0.455. The molecule has 1 rings (SSSR count). The third-order valence-corrected chi connectivity index (χ3v) is 5.51. The van der Waals surface area contributed by atoms with Gasteiger partial charge in [0.15, 0.2) is 0 Å². The van der Waals surface area contributed by atoms with E-state index in [1.165, 1.54) is 12.1 Å². The molecule has 0 aliphatic carbocycles. The normalized spacial score (nSPS) is 11.8. The maximum atomic E-state index is 11.4. The lowest BCUT2D eigenvalue weighted by atomic mass is 10.3. The van der Waals surface area contributed by atoms with Crippen molar-refractivity contribution in [3.8, 4) is 5.75 Å². The van der Waals surface area contributed by atoms with Gasteiger partial charge in [-0.1, -0.05) is 0 Å². The van der Waals surface area contributed by atoms with E-state index in [1.54, 1.807) is 7.11 Å². The molecule has 0 aliphatic heterocycles. The highest BCUT2D eigenvalue weighted by Gasteiger charge is 2.18. The van der Waals surface area contributed by atoms with Crippen LogP contribution in [-0.2, 0) is 25.6 Å². The van der Waals surface area contributed by atoms with Crippen LogP contribution in [0.15, 0.2) is 23.1 Å². The highest BCUT2D eigenvalue weighted by Crippen LogP contribution is 2.28. The molecule has 1 aromatic carbocycles. The lowest BCUT2D eigenvalue weighted by Gasteiger charge is -2.09. The van der Waals surface area contributed by atoms with Crippen molar-refractivity contribution in [1.82, 2.24) is 0 Å². The van der Waals surface area contributed by atoms with Gasteiger partial charge in [0.05, 0.1) is 23.4 Å². The zero-order valence-corrected chi connectivity index (χ0v) is 14.3. The molecule has 2 N–H and O–H groups in total. The molecule has 0 spiro atoms. The minimum Gasteiger partial charge on any atom is -0.491 e. The Hall–Kier alpha value is -0.820. The summed E-state index contributed by atoms with van der Waals surface area (Å²) in [6, 6.07) is 3.64. The number of methoxy groups -OCH3 is 1. The van der Waals surface area contributed by atoms with E-state index in [2.05, 4.69) is 0 Å². The summed E-state index contributed by atoms with van der Waals surface area (Å²) in [5, 5.41) is 5.00. The quantitative estimate of drug-likeness (QED) is 0.450. The standard InChI is InChI=1S/C11H16INO7S/c1-18-4-5-19-6-7-20-9-2-3-10(12(14)15)11(8-9)21(13,16)17/h2-3,8H,4-7H2,1H3,(H2,13,16,17). The molecule has 0 atom stereocenters. The molecule has 0 heterocycles. The number of hydrogen-bond acceptors (Lipinski definition) is 7. The van der Waals surface area contributed by atoms with Crippen LogP contribution < -0.4 is 9.88 Å². The van der Waals surface area contributed by atoms with Crippen LogP contribution in [-0.4, -0.2) is 42.0 Å². The van der Waals surface area contributed by atoms with Gasteiger partial charge in [0, 0.05) is 13.2 Å². The summed E-state index contributed by atoms with van der Waals surface area (Å²) in [5.74, 6) is 0.204. The van der Waals surface area contributed by atoms with Crippen LogP contribution in [0.1, 0.15) is 0 Å². The van der Waals surface area contributed by atoms with Gasteiger partial charge in [-0.15, -0.1) is 0 Å². The number of hydrogen-bond donors (Lipinski definition) is 1. The van der Waals surface area contributed by atoms with Crippen molar-refractivity contribution < 1.29 is 28.8 Å². The topological polar surface area (TPSA) is 122 Å². The molecule has 0 saturated carbocycles. The second-order valence-electron chi connectivity index (χ2n) is 3.81. The van der Waals surface area contributed by atoms with Crippen LogP contribution in [0.4, 0.5) is 0 Å². The number of halogens is 1. The summed E-state index contributed by atoms with van der Waals surface area (Å²) in [6.45, 7) is 1.35. The van der Waals surface area contributed by atoms with Crippen molar-refractivity contribution in [3.63, 3.8) is 0 Å². The zero-order chi connectivity index (χ0) is 15.9. The zero-order valence-electron chi connectivity index (χ0n) is 11.3. The Balaban J connectivity index is 2.73. The first-order valence-electron chi connectivity index (χ1n) is 5.78. The van der Waals surface area contributed by atoms with Crippen LogP contribution in [0.2, 0.25) is 0 Å². The average molecular weight is 433 g/mol. The summed E-state index contributed by atoms with van der Waals surface area (Å²) in [6.07, 6.45) is 0. The third kappa shape index (κ3) is 6.22. The van der Waals surface area contributed by atoms with Crippen molar-refractivity contribution in [2.45, 2.75) is 4.90 Å². The molecule has 0 saturated heterocycles. The fourth-order valence-corrected chi connectivity index (χ4v) is 4.41. The van der Waals surface area contributed by atoms with Crippen molar-refractivity contribution in [2.24, 2.45) is 5.14 Å². The molecule has 21 heavy (non-hydrogen) atoms. The minimum atomic E-state index is -4.13. The Bertz CT molecular complexity index is 634. The molecule has 0 aliphatic rings. The maximum Gasteiger partial charge on any atom is 0.342 e. The third-order valence-electron chi connectivity index (χ3n) is 2.30. The molecular formula is C11H16INO7S. The molecule has 0 aromatic heterocycles. The molecule has 10 heteroatoms. The molecule has 0 amide bonds. The number of primary sulfonamides is 1. The van der Waals surface area contributed by atoms with Crippen LogP contribution in [0.3, 0.4) is 0 Å². The Labute approximate surface area is 129 Å². The highest BCUT2D eigenvalue weighted by atomic mass is 127. The first kappa shape index (κ1) is 18.2. The summed E-state index contributed by atoms with van der Waals surface area (Å²) in [7, 11) is -2.58. The summed E-state index contributed by atoms with van der Waals surface area (Å²) in [5.41, 5.74) is 0. The molecule has 120 valence electrons. The molecular weight excluding hydrogens is 417 g/mol. The molecule has 0 fully saturated rings. The van der Waals surface area contributed by atoms with E-state index in [0.29, 0.717) is 13.2 Å². The number of sulfonamides is 1. The predicted octanol–water partition coefficient (Wildman–Crippen LogP) is 0.743. The predicted molar refractivity (Wildman–Crippen MR) is 80.1 cm³/mol. The number of nitrogens with two attached hydrogens (primary N) is 1. The van der Waals surface area contributed by atoms with Crippen molar-refractivity contribution in [3.05, 3.63) is 21.8 Å². The van der Waals surface area contributed by atoms with Crippen LogP contribution in [0.5, 0.6) is 5.75 Å². The monoisotopic (exact) mass is 433 g/mol. The minimum absolute atomic E-state index is 0.185. The molecule has 0 radical (unpaired) electrons. The summed E-state index contributed by atoms with van der Waals surface area (Å²) >= 11 is -3.96. The van der Waals surface area contributed by atoms with E-state index in [4.69, 9.17) is 19.3 Å². The van der Waals surface area contributed by atoms with E-state index in [-0.39, 0.29) is 22.5 Å². The molecule has 8 nitrogen and oxygen atoms in total. The van der Waals surface area contributed by atoms with Crippen LogP contribution in [0.25, 0.3) is 0 Å². The van der Waals surface area contributed by atoms with Gasteiger partial charge in [-0.2, -0.15) is 0 Å². The van der Waals surface area contributed by atoms with E-state index in [9.17, 15) is 14.6 Å². The smallest absolute Gasteiger partial charge is 0.342 e. The summed E-state index contributed by atoms with van der Waals surface area (Å²) in [4.78, 5) is -0.449. The fourth-order valence-electron chi connectivity index (χ4n) is 1.38. The van der Waals surface area contributed by atoms with E-state index >= 15 is 0 Å². The number of ether oxygens (including phenoxy) is 3. The summed E-state index contributed by atoms with van der Waals surface area (Å²) < 4.78 is 59.9. The van der Waals surface area contributed by atoms with E-state index in [0.717, 1.165) is 6.07 Å². The maximum absolute atomic E-state index is 11.4. The highest BCUT2D eigenvalue weighted by molar-refractivity contribution is 14.2. The Morgan fingerprint density at radius 2 is 1.81 bits per heavy atom. The number of rotatable bonds is 9. The van der Waals surface area contributed by atoms with Crippen molar-refractivity contribution in [2.75, 3.05) is 33.5 Å². The van der Waals surface area contributed by atoms with Gasteiger partial charge in [-0.25, -0.2) is 19.7 Å². The van der Waals surface area contributed by atoms with Gasteiger partial charge in [0.1, 0.15) is 17.3 Å². The van der Waals surface area contributed by atoms with Gasteiger partial charge >= 0.3 is 19.8 Å². The number of benzene rings is 1. The Kier molecular flexibility index (Phi) is 7.45. The SMILES string of the molecule is COCCOCCOc1ccc(I(=O)=O)c(S(N)(=O)=O)c1. The Morgan fingerprint density at radius 1 is 1.14 bits per heavy atom. The average Bonchev–Trinajstić information content (AvgIpc) is 2.41. The van der Waals surface area contributed by atoms with Gasteiger partial charge in [0.2, 0.25) is 10.0 Å². The Morgan fingerprint density at radius 3 is 2.38 bits per heavy atom. The first-order valence-corrected chi connectivity index (χ1v) is 10.2. The molecule has 1 aromatic rings. The second kappa shape index (κ2) is 8.58.